The molecule has 14 aromatic rings. The zero-order valence-corrected chi connectivity index (χ0v) is 37.1. The molecule has 67 heavy (non-hydrogen) atoms. The van der Waals surface area contributed by atoms with Crippen LogP contribution in [0.3, 0.4) is 0 Å². The van der Waals surface area contributed by atoms with Gasteiger partial charge in [0.2, 0.25) is 16.6 Å². The molecule has 0 amide bonds. The highest BCUT2D eigenvalue weighted by molar-refractivity contribution is 7.20. The van der Waals surface area contributed by atoms with Crippen LogP contribution in [0.1, 0.15) is 11.1 Å². The van der Waals surface area contributed by atoms with Gasteiger partial charge in [0.25, 0.3) is 11.5 Å². The van der Waals surface area contributed by atoms with Crippen molar-refractivity contribution in [1.82, 2.24) is 13.7 Å². The Labute approximate surface area is 384 Å². The van der Waals surface area contributed by atoms with Crippen molar-refractivity contribution in [2.75, 3.05) is 0 Å². The second kappa shape index (κ2) is 11.8. The van der Waals surface area contributed by atoms with Gasteiger partial charge in [-0.05, 0) is 76.2 Å². The standard InChI is InChI=1S/C61H37N5Si/c1-4-18-38(19-5-1)63-48-27-13-11-25-42(48)46-36-47-44-32-34-55-66-59(44)60-56(45-26-12-15-29-50(45)64(60)52(47)37-51(46)63)61(66)57-53(67(55,39-20-6-2-7-21-39)40-22-8-3-9-23-40)33-31-43-41-24-10-14-28-49(41)65(58(43)57)54-30-16-17-35-62(54)61/h1-37H/q+2. The summed E-state index contributed by atoms with van der Waals surface area (Å²) >= 11 is 0. The smallest absolute Gasteiger partial charge is 0.289 e. The molecule has 6 heteroatoms. The number of pyridine rings is 3. The molecule has 3 aliphatic rings. The van der Waals surface area contributed by atoms with E-state index in [1.165, 1.54) is 114 Å². The number of fused-ring (bicyclic) bond motifs is 14. The number of nitrogens with zero attached hydrogens (tertiary/aromatic N) is 5. The second-order valence-corrected chi connectivity index (χ2v) is 22.5. The fourth-order valence-electron chi connectivity index (χ4n) is 13.8. The minimum Gasteiger partial charge on any atom is -0.309 e. The lowest BCUT2D eigenvalue weighted by Gasteiger charge is -2.48. The molecule has 0 saturated heterocycles. The third kappa shape index (κ3) is 3.73. The zero-order valence-electron chi connectivity index (χ0n) is 36.1. The van der Waals surface area contributed by atoms with Crippen molar-refractivity contribution in [2.24, 2.45) is 0 Å². The van der Waals surface area contributed by atoms with E-state index in [-0.39, 0.29) is 0 Å². The van der Waals surface area contributed by atoms with Crippen LogP contribution in [0.15, 0.2) is 225 Å². The lowest BCUT2D eigenvalue weighted by molar-refractivity contribution is -0.744. The minimum absolute atomic E-state index is 0.774. The number of rotatable bonds is 3. The molecule has 308 valence electrons. The summed E-state index contributed by atoms with van der Waals surface area (Å²) in [6, 6.07) is 83.0. The average molecular weight is 868 g/mol. The molecule has 0 N–H and O–H groups in total. The van der Waals surface area contributed by atoms with Crippen LogP contribution in [0.2, 0.25) is 0 Å². The quantitative estimate of drug-likeness (QED) is 0.0960. The Morgan fingerprint density at radius 3 is 1.78 bits per heavy atom. The van der Waals surface area contributed by atoms with Gasteiger partial charge in [0.15, 0.2) is 13.6 Å². The molecule has 9 heterocycles. The molecule has 17 rings (SSSR count). The summed E-state index contributed by atoms with van der Waals surface area (Å²) in [5.41, 5.74) is 13.1. The summed E-state index contributed by atoms with van der Waals surface area (Å²) in [7, 11) is -3.11. The highest BCUT2D eigenvalue weighted by Gasteiger charge is 2.66. The number of aromatic nitrogens is 5. The maximum atomic E-state index is 2.88. The first kappa shape index (κ1) is 34.8. The Bertz CT molecular complexity index is 4530. The van der Waals surface area contributed by atoms with Crippen molar-refractivity contribution in [3.8, 4) is 11.5 Å². The molecular weight excluding hydrogens is 831 g/mol. The Balaban J connectivity index is 1.18. The van der Waals surface area contributed by atoms with Gasteiger partial charge < -0.3 is 4.57 Å². The van der Waals surface area contributed by atoms with E-state index in [9.17, 15) is 0 Å². The maximum Gasteiger partial charge on any atom is 0.289 e. The maximum absolute atomic E-state index is 3.11. The molecule has 0 aliphatic carbocycles. The third-order valence-corrected chi connectivity index (χ3v) is 20.8. The lowest BCUT2D eigenvalue weighted by atomic mass is 9.87. The van der Waals surface area contributed by atoms with E-state index in [1.54, 1.807) is 0 Å². The van der Waals surface area contributed by atoms with Crippen LogP contribution in [-0.4, -0.2) is 21.8 Å². The van der Waals surface area contributed by atoms with Crippen molar-refractivity contribution in [2.45, 2.75) is 5.66 Å². The van der Waals surface area contributed by atoms with Crippen LogP contribution < -0.4 is 29.8 Å². The molecule has 3 aliphatic heterocycles. The van der Waals surface area contributed by atoms with E-state index < -0.39 is 13.7 Å². The van der Waals surface area contributed by atoms with Crippen LogP contribution in [0.5, 0.6) is 0 Å². The summed E-state index contributed by atoms with van der Waals surface area (Å²) in [6.45, 7) is 0. The molecular formula is C61H37N5Si+2. The predicted octanol–water partition coefficient (Wildman–Crippen LogP) is 9.78. The highest BCUT2D eigenvalue weighted by Crippen LogP contribution is 2.54. The Morgan fingerprint density at radius 1 is 0.403 bits per heavy atom. The first-order valence-electron chi connectivity index (χ1n) is 23.4. The zero-order chi connectivity index (χ0) is 43.3. The van der Waals surface area contributed by atoms with E-state index in [0.29, 0.717) is 0 Å². The van der Waals surface area contributed by atoms with Crippen molar-refractivity contribution < 1.29 is 8.97 Å². The molecule has 5 nitrogen and oxygen atoms in total. The topological polar surface area (TPSA) is 22.8 Å². The molecule has 6 aromatic heterocycles. The fraction of sp³-hybridized carbons (Fsp3) is 0.0164. The third-order valence-electron chi connectivity index (χ3n) is 16.0. The summed E-state index contributed by atoms with van der Waals surface area (Å²) in [5.74, 6) is 1.16. The number of benzene rings is 8. The van der Waals surface area contributed by atoms with Crippen molar-refractivity contribution in [1.29, 1.82) is 0 Å². The summed E-state index contributed by atoms with van der Waals surface area (Å²) in [5, 5.41) is 14.5. The Hall–Kier alpha value is -8.58. The van der Waals surface area contributed by atoms with E-state index >= 15 is 0 Å². The summed E-state index contributed by atoms with van der Waals surface area (Å²) in [4.78, 5) is 0. The first-order chi connectivity index (χ1) is 33.3. The van der Waals surface area contributed by atoms with Gasteiger partial charge in [-0.15, -0.1) is 0 Å². The van der Waals surface area contributed by atoms with Gasteiger partial charge in [0, 0.05) is 56.1 Å². The Kier molecular flexibility index (Phi) is 6.13. The van der Waals surface area contributed by atoms with E-state index in [1.807, 2.05) is 0 Å². The summed E-state index contributed by atoms with van der Waals surface area (Å²) < 4.78 is 13.2. The van der Waals surface area contributed by atoms with E-state index in [2.05, 4.69) is 247 Å². The van der Waals surface area contributed by atoms with Crippen molar-refractivity contribution in [3.05, 3.63) is 236 Å². The second-order valence-electron chi connectivity index (χ2n) is 18.8. The van der Waals surface area contributed by atoms with Gasteiger partial charge in [-0.1, -0.05) is 140 Å². The molecule has 1 unspecified atom stereocenters. The number of para-hydroxylation sites is 4. The van der Waals surface area contributed by atoms with E-state index in [4.69, 9.17) is 0 Å². The summed E-state index contributed by atoms with van der Waals surface area (Å²) in [6.07, 6.45) is 2.37. The van der Waals surface area contributed by atoms with Gasteiger partial charge >= 0.3 is 0 Å². The van der Waals surface area contributed by atoms with Crippen LogP contribution in [-0.2, 0) is 5.66 Å². The van der Waals surface area contributed by atoms with Crippen LogP contribution in [0.4, 0.5) is 0 Å². The minimum atomic E-state index is -3.11. The number of hydrogen-bond donors (Lipinski definition) is 0. The van der Waals surface area contributed by atoms with Crippen molar-refractivity contribution in [3.63, 3.8) is 0 Å². The van der Waals surface area contributed by atoms with Gasteiger partial charge in [0.05, 0.1) is 33.6 Å². The molecule has 1 spiro atoms. The van der Waals surface area contributed by atoms with Crippen molar-refractivity contribution >= 4 is 111 Å². The lowest BCUT2D eigenvalue weighted by Crippen LogP contribution is -2.84. The Morgan fingerprint density at radius 2 is 1.01 bits per heavy atom. The molecule has 8 aromatic carbocycles. The molecule has 0 saturated carbocycles. The first-order valence-corrected chi connectivity index (χ1v) is 25.4. The molecule has 0 bridgehead atoms. The largest absolute Gasteiger partial charge is 0.309 e. The van der Waals surface area contributed by atoms with Gasteiger partial charge in [-0.2, -0.15) is 8.97 Å². The van der Waals surface area contributed by atoms with Crippen LogP contribution in [0, 0.1) is 0 Å². The van der Waals surface area contributed by atoms with Gasteiger partial charge in [-0.25, -0.2) is 4.57 Å². The number of hydrogen-bond acceptors (Lipinski definition) is 0. The molecule has 0 fully saturated rings. The van der Waals surface area contributed by atoms with Gasteiger partial charge in [0.1, 0.15) is 16.6 Å². The van der Waals surface area contributed by atoms with Gasteiger partial charge in [-0.3, -0.25) is 4.57 Å². The van der Waals surface area contributed by atoms with Crippen LogP contribution in [0.25, 0.3) is 93.3 Å². The molecule has 1 atom stereocenters. The van der Waals surface area contributed by atoms with E-state index in [0.717, 1.165) is 11.5 Å². The highest BCUT2D eigenvalue weighted by atomic mass is 28.3. The predicted molar refractivity (Wildman–Crippen MR) is 274 cm³/mol. The fourth-order valence-corrected chi connectivity index (χ4v) is 19.0. The SMILES string of the molecule is c1ccc(-n2c3ccccc3c3cc4c5ccc6n7c5c5c(c8ccccc8[n+]5c4cc32)C72c3c(ccc4c5ccccc5n(c34)-c3cccc[n+]32)[Si]6(c2ccccc2)c2ccccc2)cc1. The normalized spacial score (nSPS) is 16.2. The average Bonchev–Trinajstić information content (AvgIpc) is 4.12. The van der Waals surface area contributed by atoms with Crippen LogP contribution >= 0.6 is 0 Å². The monoisotopic (exact) mass is 867 g/mol. The molecule has 0 radical (unpaired) electrons.